The molecule has 16 heavy (non-hydrogen) atoms. The van der Waals surface area contributed by atoms with E-state index in [-0.39, 0.29) is 6.04 Å². The van der Waals surface area contributed by atoms with Crippen molar-refractivity contribution in [3.8, 4) is 0 Å². The van der Waals surface area contributed by atoms with Crippen molar-refractivity contribution in [3.63, 3.8) is 0 Å². The maximum Gasteiger partial charge on any atom is 0.282 e. The van der Waals surface area contributed by atoms with Crippen molar-refractivity contribution in [2.24, 2.45) is 5.73 Å². The molecule has 1 atom stereocenters. The van der Waals surface area contributed by atoms with Crippen LogP contribution in [0.25, 0.3) is 0 Å². The van der Waals surface area contributed by atoms with Crippen LogP contribution in [0, 0.1) is 0 Å². The number of piperidine rings is 1. The van der Waals surface area contributed by atoms with Crippen LogP contribution in [0.4, 0.5) is 0 Å². The standard InChI is InChI=1S/C10H21N3O2S/c1-3-7-12(2)16(14,15)13-8-5-4-6-10(13)9-11/h3,10H,1,4-9,11H2,2H3. The van der Waals surface area contributed by atoms with Crippen molar-refractivity contribution >= 4 is 10.2 Å². The highest BCUT2D eigenvalue weighted by Crippen LogP contribution is 2.21. The van der Waals surface area contributed by atoms with Crippen molar-refractivity contribution in [1.29, 1.82) is 0 Å². The van der Waals surface area contributed by atoms with Gasteiger partial charge in [0.2, 0.25) is 0 Å². The Balaban J connectivity index is 2.83. The normalized spacial score (nSPS) is 23.6. The predicted molar refractivity (Wildman–Crippen MR) is 65.1 cm³/mol. The Morgan fingerprint density at radius 3 is 2.81 bits per heavy atom. The summed E-state index contributed by atoms with van der Waals surface area (Å²) in [6.45, 7) is 4.84. The van der Waals surface area contributed by atoms with Crippen molar-refractivity contribution in [2.45, 2.75) is 25.3 Å². The minimum Gasteiger partial charge on any atom is -0.329 e. The van der Waals surface area contributed by atoms with Gasteiger partial charge in [-0.2, -0.15) is 17.0 Å². The lowest BCUT2D eigenvalue weighted by molar-refractivity contribution is 0.243. The fraction of sp³-hybridized carbons (Fsp3) is 0.800. The molecule has 5 nitrogen and oxygen atoms in total. The Bertz CT molecular complexity index is 329. The maximum absolute atomic E-state index is 12.2. The van der Waals surface area contributed by atoms with Gasteiger partial charge >= 0.3 is 0 Å². The van der Waals surface area contributed by atoms with Crippen molar-refractivity contribution < 1.29 is 8.42 Å². The van der Waals surface area contributed by atoms with Gasteiger partial charge in [0.1, 0.15) is 0 Å². The first-order valence-electron chi connectivity index (χ1n) is 5.58. The van der Waals surface area contributed by atoms with Crippen LogP contribution < -0.4 is 5.73 Å². The molecule has 0 aliphatic carbocycles. The van der Waals surface area contributed by atoms with E-state index in [1.165, 1.54) is 8.61 Å². The van der Waals surface area contributed by atoms with E-state index < -0.39 is 10.2 Å². The maximum atomic E-state index is 12.2. The minimum atomic E-state index is -3.37. The molecule has 2 N–H and O–H groups in total. The smallest absolute Gasteiger partial charge is 0.282 e. The van der Waals surface area contributed by atoms with Gasteiger partial charge in [-0.3, -0.25) is 0 Å². The van der Waals surface area contributed by atoms with Gasteiger partial charge in [-0.25, -0.2) is 0 Å². The molecule has 0 amide bonds. The summed E-state index contributed by atoms with van der Waals surface area (Å²) < 4.78 is 27.2. The molecule has 6 heteroatoms. The SMILES string of the molecule is C=CCN(C)S(=O)(=O)N1CCCCC1CN. The summed E-state index contributed by atoms with van der Waals surface area (Å²) in [6.07, 6.45) is 4.41. The minimum absolute atomic E-state index is 0.0500. The molecule has 0 spiro atoms. The highest BCUT2D eigenvalue weighted by molar-refractivity contribution is 7.86. The second-order valence-electron chi connectivity index (χ2n) is 4.07. The van der Waals surface area contributed by atoms with Crippen LogP contribution in [-0.4, -0.2) is 49.8 Å². The van der Waals surface area contributed by atoms with E-state index >= 15 is 0 Å². The molecule has 0 saturated carbocycles. The Labute approximate surface area is 98.1 Å². The molecule has 94 valence electrons. The van der Waals surface area contributed by atoms with Crippen LogP contribution in [0.1, 0.15) is 19.3 Å². The van der Waals surface area contributed by atoms with Crippen LogP contribution in [0.15, 0.2) is 12.7 Å². The van der Waals surface area contributed by atoms with Crippen LogP contribution in [0.5, 0.6) is 0 Å². The number of nitrogens with two attached hydrogens (primary N) is 1. The molecule has 1 aliphatic heterocycles. The van der Waals surface area contributed by atoms with Gasteiger partial charge in [0.15, 0.2) is 0 Å². The van der Waals surface area contributed by atoms with Gasteiger partial charge in [-0.05, 0) is 12.8 Å². The highest BCUT2D eigenvalue weighted by Gasteiger charge is 2.33. The zero-order valence-electron chi connectivity index (χ0n) is 9.80. The van der Waals surface area contributed by atoms with Gasteiger partial charge in [-0.1, -0.05) is 12.5 Å². The monoisotopic (exact) mass is 247 g/mol. The van der Waals surface area contributed by atoms with E-state index in [0.29, 0.717) is 19.6 Å². The Hall–Kier alpha value is -0.430. The van der Waals surface area contributed by atoms with Crippen molar-refractivity contribution in [1.82, 2.24) is 8.61 Å². The number of rotatable bonds is 5. The molecule has 1 aliphatic rings. The lowest BCUT2D eigenvalue weighted by Gasteiger charge is -2.36. The predicted octanol–water partition coefficient (Wildman–Crippen LogP) is 0.162. The number of hydrogen-bond donors (Lipinski definition) is 1. The zero-order valence-corrected chi connectivity index (χ0v) is 10.6. The summed E-state index contributed by atoms with van der Waals surface area (Å²) in [6, 6.07) is -0.0500. The molecule has 0 aromatic heterocycles. The fourth-order valence-electron chi connectivity index (χ4n) is 1.97. The molecular formula is C10H21N3O2S. The highest BCUT2D eigenvalue weighted by atomic mass is 32.2. The third-order valence-electron chi connectivity index (χ3n) is 2.92. The molecule has 1 rings (SSSR count). The molecule has 0 radical (unpaired) electrons. The van der Waals surface area contributed by atoms with E-state index in [9.17, 15) is 8.42 Å². The third kappa shape index (κ3) is 2.82. The lowest BCUT2D eigenvalue weighted by atomic mass is 10.1. The van der Waals surface area contributed by atoms with Gasteiger partial charge in [0.25, 0.3) is 10.2 Å². The topological polar surface area (TPSA) is 66.6 Å². The second-order valence-corrected chi connectivity index (χ2v) is 6.06. The lowest BCUT2D eigenvalue weighted by Crippen LogP contribution is -2.52. The van der Waals surface area contributed by atoms with Gasteiger partial charge < -0.3 is 5.73 Å². The average molecular weight is 247 g/mol. The van der Waals surface area contributed by atoms with E-state index in [1.807, 2.05) is 0 Å². The molecule has 0 bridgehead atoms. The van der Waals surface area contributed by atoms with Crippen molar-refractivity contribution in [3.05, 3.63) is 12.7 Å². The summed E-state index contributed by atoms with van der Waals surface area (Å²) in [5.41, 5.74) is 5.62. The Morgan fingerprint density at radius 2 is 2.25 bits per heavy atom. The first kappa shape index (κ1) is 13.6. The summed E-state index contributed by atoms with van der Waals surface area (Å²) in [5.74, 6) is 0. The second kappa shape index (κ2) is 5.77. The first-order valence-corrected chi connectivity index (χ1v) is 6.97. The summed E-state index contributed by atoms with van der Waals surface area (Å²) in [5, 5.41) is 0. The van der Waals surface area contributed by atoms with E-state index in [4.69, 9.17) is 5.73 Å². The zero-order chi connectivity index (χ0) is 12.2. The average Bonchev–Trinajstić information content (AvgIpc) is 2.29. The van der Waals surface area contributed by atoms with E-state index in [2.05, 4.69) is 6.58 Å². The van der Waals surface area contributed by atoms with E-state index in [0.717, 1.165) is 19.3 Å². The van der Waals surface area contributed by atoms with Gasteiger partial charge in [-0.15, -0.1) is 6.58 Å². The van der Waals surface area contributed by atoms with E-state index in [1.54, 1.807) is 13.1 Å². The molecule has 1 fully saturated rings. The largest absolute Gasteiger partial charge is 0.329 e. The third-order valence-corrected chi connectivity index (χ3v) is 4.93. The molecule has 0 aromatic rings. The quantitative estimate of drug-likeness (QED) is 0.704. The number of hydrogen-bond acceptors (Lipinski definition) is 3. The van der Waals surface area contributed by atoms with Crippen LogP contribution >= 0.6 is 0 Å². The van der Waals surface area contributed by atoms with Crippen LogP contribution in [-0.2, 0) is 10.2 Å². The molecular weight excluding hydrogens is 226 g/mol. The summed E-state index contributed by atoms with van der Waals surface area (Å²) >= 11 is 0. The number of likely N-dealkylation sites (N-methyl/N-ethyl adjacent to an activating group) is 1. The Morgan fingerprint density at radius 1 is 1.56 bits per heavy atom. The molecule has 1 heterocycles. The fourth-order valence-corrected chi connectivity index (χ4v) is 3.55. The molecule has 1 saturated heterocycles. The Kier molecular flexibility index (Phi) is 4.91. The first-order chi connectivity index (χ1) is 7.54. The number of nitrogens with zero attached hydrogens (tertiary/aromatic N) is 2. The van der Waals surface area contributed by atoms with Crippen LogP contribution in [0.3, 0.4) is 0 Å². The van der Waals surface area contributed by atoms with Crippen LogP contribution in [0.2, 0.25) is 0 Å². The van der Waals surface area contributed by atoms with Gasteiger partial charge in [0, 0.05) is 32.7 Å². The van der Waals surface area contributed by atoms with Crippen molar-refractivity contribution in [2.75, 3.05) is 26.7 Å². The molecule has 0 aromatic carbocycles. The molecule has 1 unspecified atom stereocenters. The summed E-state index contributed by atoms with van der Waals surface area (Å²) in [7, 11) is -1.80. The summed E-state index contributed by atoms with van der Waals surface area (Å²) in [4.78, 5) is 0. The van der Waals surface area contributed by atoms with Gasteiger partial charge in [0.05, 0.1) is 0 Å².